The summed E-state index contributed by atoms with van der Waals surface area (Å²) in [6.07, 6.45) is 0.273. The highest BCUT2D eigenvalue weighted by Gasteiger charge is 2.12. The molecule has 0 bridgehead atoms. The first kappa shape index (κ1) is 13.3. The molecule has 1 aromatic carbocycles. The lowest BCUT2D eigenvalue weighted by molar-refractivity contribution is 0.0290. The van der Waals surface area contributed by atoms with E-state index in [-0.39, 0.29) is 6.10 Å². The van der Waals surface area contributed by atoms with Gasteiger partial charge in [0, 0.05) is 31.7 Å². The summed E-state index contributed by atoms with van der Waals surface area (Å²) >= 11 is 0. The Morgan fingerprint density at radius 3 is 3.11 bits per heavy atom. The maximum Gasteiger partial charge on any atom is 0.123 e. The molecule has 1 unspecified atom stereocenters. The lowest BCUT2D eigenvalue weighted by Crippen LogP contribution is -2.43. The molecule has 0 spiro atoms. The summed E-state index contributed by atoms with van der Waals surface area (Å²) in [4.78, 5) is 0. The van der Waals surface area contributed by atoms with E-state index in [1.54, 1.807) is 7.11 Å². The van der Waals surface area contributed by atoms with Crippen molar-refractivity contribution in [3.05, 3.63) is 29.3 Å². The second-order valence-corrected chi connectivity index (χ2v) is 4.64. The minimum atomic E-state index is 0.273. The number of hydrogen-bond donors (Lipinski definition) is 2. The van der Waals surface area contributed by atoms with Gasteiger partial charge in [-0.25, -0.2) is 0 Å². The quantitative estimate of drug-likeness (QED) is 0.821. The molecule has 4 heteroatoms. The Labute approximate surface area is 109 Å². The molecule has 1 aromatic rings. The predicted octanol–water partition coefficient (Wildman–Crippen LogP) is 1.08. The molecule has 4 nitrogen and oxygen atoms in total. The van der Waals surface area contributed by atoms with E-state index >= 15 is 0 Å². The first-order valence-electron chi connectivity index (χ1n) is 6.46. The monoisotopic (exact) mass is 250 g/mol. The fourth-order valence-corrected chi connectivity index (χ4v) is 2.16. The van der Waals surface area contributed by atoms with Gasteiger partial charge in [0.15, 0.2) is 0 Å². The highest BCUT2D eigenvalue weighted by Crippen LogP contribution is 2.19. The number of methoxy groups -OCH3 is 1. The second-order valence-electron chi connectivity index (χ2n) is 4.64. The largest absolute Gasteiger partial charge is 0.496 e. The smallest absolute Gasteiger partial charge is 0.123 e. The van der Waals surface area contributed by atoms with Gasteiger partial charge >= 0.3 is 0 Å². The molecule has 2 rings (SSSR count). The molecular formula is C14H22N2O2. The summed E-state index contributed by atoms with van der Waals surface area (Å²) in [5, 5.41) is 6.75. The van der Waals surface area contributed by atoms with E-state index in [0.717, 1.165) is 38.5 Å². The van der Waals surface area contributed by atoms with Gasteiger partial charge < -0.3 is 20.1 Å². The Bertz CT molecular complexity index is 376. The summed E-state index contributed by atoms with van der Waals surface area (Å²) in [5.74, 6) is 0.941. The van der Waals surface area contributed by atoms with Crippen molar-refractivity contribution < 1.29 is 9.47 Å². The lowest BCUT2D eigenvalue weighted by Gasteiger charge is -2.24. The molecule has 18 heavy (non-hydrogen) atoms. The molecule has 1 aliphatic heterocycles. The van der Waals surface area contributed by atoms with Crippen molar-refractivity contribution in [2.75, 3.05) is 33.4 Å². The fourth-order valence-electron chi connectivity index (χ4n) is 2.16. The van der Waals surface area contributed by atoms with E-state index < -0.39 is 0 Å². The fraction of sp³-hybridized carbons (Fsp3) is 0.571. The Hall–Kier alpha value is -1.10. The standard InChI is InChI=1S/C14H22N2O2/c1-11-3-4-14(17-2)12(7-11)8-16-10-13-9-15-5-6-18-13/h3-4,7,13,15-16H,5-6,8-10H2,1-2H3. The van der Waals surface area contributed by atoms with Crippen LogP contribution in [-0.2, 0) is 11.3 Å². The number of benzene rings is 1. The van der Waals surface area contributed by atoms with Crippen molar-refractivity contribution in [1.29, 1.82) is 0 Å². The van der Waals surface area contributed by atoms with Crippen LogP contribution in [0.5, 0.6) is 5.75 Å². The van der Waals surface area contributed by atoms with Crippen LogP contribution >= 0.6 is 0 Å². The molecule has 1 atom stereocenters. The van der Waals surface area contributed by atoms with Gasteiger partial charge in [-0.3, -0.25) is 0 Å². The van der Waals surface area contributed by atoms with Crippen molar-refractivity contribution in [1.82, 2.24) is 10.6 Å². The molecule has 1 aliphatic rings. The minimum Gasteiger partial charge on any atom is -0.496 e. The molecule has 1 fully saturated rings. The Kier molecular flexibility index (Phi) is 4.99. The van der Waals surface area contributed by atoms with Crippen molar-refractivity contribution in [2.45, 2.75) is 19.6 Å². The predicted molar refractivity (Wildman–Crippen MR) is 72.0 cm³/mol. The van der Waals surface area contributed by atoms with E-state index in [2.05, 4.69) is 29.7 Å². The minimum absolute atomic E-state index is 0.273. The Morgan fingerprint density at radius 1 is 1.50 bits per heavy atom. The van der Waals surface area contributed by atoms with Crippen LogP contribution in [0.2, 0.25) is 0 Å². The van der Waals surface area contributed by atoms with Gasteiger partial charge in [-0.1, -0.05) is 17.7 Å². The van der Waals surface area contributed by atoms with E-state index in [1.807, 2.05) is 6.07 Å². The van der Waals surface area contributed by atoms with E-state index in [0.29, 0.717) is 0 Å². The van der Waals surface area contributed by atoms with Crippen LogP contribution < -0.4 is 15.4 Å². The van der Waals surface area contributed by atoms with Gasteiger partial charge in [-0.05, 0) is 13.0 Å². The van der Waals surface area contributed by atoms with E-state index in [4.69, 9.17) is 9.47 Å². The van der Waals surface area contributed by atoms with Gasteiger partial charge in [0.1, 0.15) is 5.75 Å². The number of morpholine rings is 1. The average molecular weight is 250 g/mol. The number of nitrogens with one attached hydrogen (secondary N) is 2. The third kappa shape index (κ3) is 3.70. The number of rotatable bonds is 5. The van der Waals surface area contributed by atoms with Crippen LogP contribution in [0.1, 0.15) is 11.1 Å². The first-order valence-corrected chi connectivity index (χ1v) is 6.46. The molecule has 100 valence electrons. The highest BCUT2D eigenvalue weighted by atomic mass is 16.5. The highest BCUT2D eigenvalue weighted by molar-refractivity contribution is 5.36. The van der Waals surface area contributed by atoms with E-state index in [9.17, 15) is 0 Å². The molecule has 0 aliphatic carbocycles. The van der Waals surface area contributed by atoms with Gasteiger partial charge in [0.25, 0.3) is 0 Å². The normalized spacial score (nSPS) is 19.8. The summed E-state index contributed by atoms with van der Waals surface area (Å²) in [7, 11) is 1.71. The van der Waals surface area contributed by atoms with E-state index in [1.165, 1.54) is 11.1 Å². The zero-order valence-electron chi connectivity index (χ0n) is 11.2. The molecule has 2 N–H and O–H groups in total. The SMILES string of the molecule is COc1ccc(C)cc1CNCC1CNCCO1. The number of ether oxygens (including phenoxy) is 2. The zero-order chi connectivity index (χ0) is 12.8. The summed E-state index contributed by atoms with van der Waals surface area (Å²) in [6.45, 7) is 6.46. The molecular weight excluding hydrogens is 228 g/mol. The summed E-state index contributed by atoms with van der Waals surface area (Å²) in [5.41, 5.74) is 2.45. The van der Waals surface area contributed by atoms with Crippen molar-refractivity contribution >= 4 is 0 Å². The zero-order valence-corrected chi connectivity index (χ0v) is 11.2. The van der Waals surface area contributed by atoms with Crippen LogP contribution in [-0.4, -0.2) is 39.5 Å². The van der Waals surface area contributed by atoms with Gasteiger partial charge in [0.05, 0.1) is 19.8 Å². The first-order chi connectivity index (χ1) is 8.79. The van der Waals surface area contributed by atoms with Crippen LogP contribution in [0.3, 0.4) is 0 Å². The van der Waals surface area contributed by atoms with Crippen LogP contribution in [0, 0.1) is 6.92 Å². The molecule has 0 aromatic heterocycles. The lowest BCUT2D eigenvalue weighted by atomic mass is 10.1. The van der Waals surface area contributed by atoms with Gasteiger partial charge in [-0.15, -0.1) is 0 Å². The maximum absolute atomic E-state index is 5.64. The third-order valence-corrected chi connectivity index (χ3v) is 3.13. The Morgan fingerprint density at radius 2 is 2.39 bits per heavy atom. The van der Waals surface area contributed by atoms with Crippen LogP contribution in [0.4, 0.5) is 0 Å². The van der Waals surface area contributed by atoms with Crippen molar-refractivity contribution in [3.63, 3.8) is 0 Å². The molecule has 0 saturated carbocycles. The van der Waals surface area contributed by atoms with Gasteiger partial charge in [0.2, 0.25) is 0 Å². The van der Waals surface area contributed by atoms with Crippen molar-refractivity contribution in [3.8, 4) is 5.75 Å². The number of aryl methyl sites for hydroxylation is 1. The molecule has 1 saturated heterocycles. The molecule has 1 heterocycles. The second kappa shape index (κ2) is 6.73. The molecule has 0 amide bonds. The Balaban J connectivity index is 1.83. The number of hydrogen-bond acceptors (Lipinski definition) is 4. The van der Waals surface area contributed by atoms with Crippen LogP contribution in [0.25, 0.3) is 0 Å². The summed E-state index contributed by atoms with van der Waals surface area (Å²) < 4.78 is 11.0. The topological polar surface area (TPSA) is 42.5 Å². The maximum atomic E-state index is 5.64. The van der Waals surface area contributed by atoms with Gasteiger partial charge in [-0.2, -0.15) is 0 Å². The molecule has 0 radical (unpaired) electrons. The summed E-state index contributed by atoms with van der Waals surface area (Å²) in [6, 6.07) is 6.24. The third-order valence-electron chi connectivity index (χ3n) is 3.13. The van der Waals surface area contributed by atoms with Crippen molar-refractivity contribution in [2.24, 2.45) is 0 Å². The average Bonchev–Trinajstić information content (AvgIpc) is 2.40. The van der Waals surface area contributed by atoms with Crippen LogP contribution in [0.15, 0.2) is 18.2 Å².